The Morgan fingerprint density at radius 1 is 1.14 bits per heavy atom. The van der Waals surface area contributed by atoms with Crippen molar-refractivity contribution in [1.29, 1.82) is 0 Å². The number of aromatic nitrogens is 2. The fourth-order valence-corrected chi connectivity index (χ4v) is 1.67. The van der Waals surface area contributed by atoms with Crippen molar-refractivity contribution in [1.82, 2.24) is 9.97 Å². The Balaban J connectivity index is 2.03. The molecule has 1 heterocycles. The summed E-state index contributed by atoms with van der Waals surface area (Å²) in [5.41, 5.74) is 0.502. The van der Waals surface area contributed by atoms with Crippen LogP contribution in [-0.4, -0.2) is 34.9 Å². The molecule has 21 heavy (non-hydrogen) atoms. The molecule has 0 saturated heterocycles. The monoisotopic (exact) mass is 286 g/mol. The van der Waals surface area contributed by atoms with Crippen molar-refractivity contribution >= 4 is 11.8 Å². The summed E-state index contributed by atoms with van der Waals surface area (Å²) in [5.74, 6) is -0.330. The first-order chi connectivity index (χ1) is 10.1. The van der Waals surface area contributed by atoms with E-state index in [9.17, 15) is 9.59 Å². The second-order valence-electron chi connectivity index (χ2n) is 4.23. The van der Waals surface area contributed by atoms with Gasteiger partial charge < -0.3 is 9.47 Å². The average molecular weight is 286 g/mol. The van der Waals surface area contributed by atoms with Crippen LogP contribution in [-0.2, 0) is 4.74 Å². The molecule has 0 aliphatic heterocycles. The highest BCUT2D eigenvalue weighted by molar-refractivity contribution is 6.01. The number of esters is 1. The molecular formula is C15H14N2O4. The number of ether oxygens (including phenoxy) is 2. The van der Waals surface area contributed by atoms with Crippen LogP contribution in [0, 0.1) is 0 Å². The molecule has 0 aliphatic carbocycles. The summed E-state index contributed by atoms with van der Waals surface area (Å²) in [7, 11) is 1.54. The predicted octanol–water partition coefficient (Wildman–Crippen LogP) is 1.91. The van der Waals surface area contributed by atoms with Gasteiger partial charge in [-0.2, -0.15) is 0 Å². The van der Waals surface area contributed by atoms with Gasteiger partial charge >= 0.3 is 5.97 Å². The number of nitrogens with zero attached hydrogens (tertiary/aromatic N) is 2. The molecule has 6 nitrogen and oxygen atoms in total. The Morgan fingerprint density at radius 3 is 2.43 bits per heavy atom. The lowest BCUT2D eigenvalue weighted by Crippen LogP contribution is -2.24. The third-order valence-corrected chi connectivity index (χ3v) is 2.80. The molecule has 0 amide bonds. The number of hydrogen-bond acceptors (Lipinski definition) is 6. The van der Waals surface area contributed by atoms with E-state index in [1.54, 1.807) is 31.4 Å². The summed E-state index contributed by atoms with van der Waals surface area (Å²) < 4.78 is 10.1. The first-order valence-electron chi connectivity index (χ1n) is 6.27. The minimum Gasteiger partial charge on any atom is -0.497 e. The molecule has 1 atom stereocenters. The number of carbonyl (C=O) groups is 2. The summed E-state index contributed by atoms with van der Waals surface area (Å²) >= 11 is 0. The highest BCUT2D eigenvalue weighted by Gasteiger charge is 2.21. The lowest BCUT2D eigenvalue weighted by atomic mass is 10.1. The maximum atomic E-state index is 12.2. The van der Waals surface area contributed by atoms with Gasteiger partial charge in [-0.3, -0.25) is 9.78 Å². The molecule has 0 fully saturated rings. The second-order valence-corrected chi connectivity index (χ2v) is 4.23. The smallest absolute Gasteiger partial charge is 0.359 e. The third-order valence-electron chi connectivity index (χ3n) is 2.80. The molecule has 2 rings (SSSR count). The highest BCUT2D eigenvalue weighted by atomic mass is 16.5. The average Bonchev–Trinajstić information content (AvgIpc) is 2.55. The maximum Gasteiger partial charge on any atom is 0.359 e. The SMILES string of the molecule is COc1ccc(C(=O)[C@@H](C)OC(=O)c2cnccn2)cc1. The van der Waals surface area contributed by atoms with E-state index in [2.05, 4.69) is 9.97 Å². The van der Waals surface area contributed by atoms with Gasteiger partial charge in [0.2, 0.25) is 5.78 Å². The zero-order valence-electron chi connectivity index (χ0n) is 11.6. The molecule has 2 aromatic rings. The van der Waals surface area contributed by atoms with E-state index < -0.39 is 12.1 Å². The molecule has 108 valence electrons. The predicted molar refractivity (Wildman–Crippen MR) is 74.2 cm³/mol. The van der Waals surface area contributed by atoms with Gasteiger partial charge in [0.15, 0.2) is 11.8 Å². The van der Waals surface area contributed by atoms with Gasteiger partial charge in [-0.1, -0.05) is 0 Å². The quantitative estimate of drug-likeness (QED) is 0.617. The van der Waals surface area contributed by atoms with E-state index in [1.807, 2.05) is 0 Å². The molecule has 1 aromatic heterocycles. The van der Waals surface area contributed by atoms with E-state index >= 15 is 0 Å². The van der Waals surface area contributed by atoms with Crippen molar-refractivity contribution in [3.05, 3.63) is 54.1 Å². The third kappa shape index (κ3) is 3.62. The van der Waals surface area contributed by atoms with E-state index in [1.165, 1.54) is 25.5 Å². The molecule has 0 spiro atoms. The first kappa shape index (κ1) is 14.6. The van der Waals surface area contributed by atoms with E-state index in [0.717, 1.165) is 0 Å². The molecule has 0 radical (unpaired) electrons. The molecule has 0 N–H and O–H groups in total. The second kappa shape index (κ2) is 6.60. The Labute approximate surface area is 121 Å². The van der Waals surface area contributed by atoms with Crippen LogP contribution in [0.25, 0.3) is 0 Å². The topological polar surface area (TPSA) is 78.4 Å². The standard InChI is InChI=1S/C15H14N2O4/c1-10(21-15(19)13-9-16-7-8-17-13)14(18)11-3-5-12(20-2)6-4-11/h3-10H,1-2H3/t10-/m1/s1. The number of hydrogen-bond donors (Lipinski definition) is 0. The Kier molecular flexibility index (Phi) is 4.61. The number of benzene rings is 1. The van der Waals surface area contributed by atoms with Crippen LogP contribution in [0.3, 0.4) is 0 Å². The lowest BCUT2D eigenvalue weighted by molar-refractivity contribution is 0.0312. The lowest BCUT2D eigenvalue weighted by Gasteiger charge is -2.12. The van der Waals surface area contributed by atoms with Crippen molar-refractivity contribution in [3.63, 3.8) is 0 Å². The Morgan fingerprint density at radius 2 is 1.86 bits per heavy atom. The molecule has 0 unspecified atom stereocenters. The Bertz CT molecular complexity index is 626. The normalized spacial score (nSPS) is 11.5. The van der Waals surface area contributed by atoms with E-state index in [0.29, 0.717) is 11.3 Å². The number of methoxy groups -OCH3 is 1. The van der Waals surface area contributed by atoms with Gasteiger partial charge in [-0.05, 0) is 31.2 Å². The van der Waals surface area contributed by atoms with E-state index in [-0.39, 0.29) is 11.5 Å². The first-order valence-corrected chi connectivity index (χ1v) is 6.27. The van der Waals surface area contributed by atoms with Crippen molar-refractivity contribution in [3.8, 4) is 5.75 Å². The van der Waals surface area contributed by atoms with Crippen molar-refractivity contribution < 1.29 is 19.1 Å². The number of ketones is 1. The molecule has 0 bridgehead atoms. The molecule has 0 aliphatic rings. The van der Waals surface area contributed by atoms with Crippen LogP contribution in [0.1, 0.15) is 27.8 Å². The van der Waals surface area contributed by atoms with Gasteiger partial charge in [-0.25, -0.2) is 9.78 Å². The minimum absolute atomic E-state index is 0.0619. The van der Waals surface area contributed by atoms with Crippen molar-refractivity contribution in [2.75, 3.05) is 7.11 Å². The van der Waals surface area contributed by atoms with Gasteiger partial charge in [0, 0.05) is 18.0 Å². The largest absolute Gasteiger partial charge is 0.497 e. The number of Topliss-reactive ketones (excluding diaryl/α,β-unsaturated/α-hetero) is 1. The number of rotatable bonds is 5. The van der Waals surface area contributed by atoms with Crippen molar-refractivity contribution in [2.45, 2.75) is 13.0 Å². The van der Waals surface area contributed by atoms with Crippen LogP contribution < -0.4 is 4.74 Å². The van der Waals surface area contributed by atoms with Gasteiger partial charge in [0.05, 0.1) is 13.3 Å². The Hall–Kier alpha value is -2.76. The summed E-state index contributed by atoms with van der Waals surface area (Å²) in [6, 6.07) is 6.58. The molecular weight excluding hydrogens is 272 g/mol. The summed E-state index contributed by atoms with van der Waals surface area (Å²) in [4.78, 5) is 31.5. The zero-order valence-corrected chi connectivity index (χ0v) is 11.6. The zero-order chi connectivity index (χ0) is 15.2. The highest BCUT2D eigenvalue weighted by Crippen LogP contribution is 2.14. The van der Waals surface area contributed by atoms with Crippen LogP contribution in [0.5, 0.6) is 5.75 Å². The van der Waals surface area contributed by atoms with Gasteiger partial charge in [-0.15, -0.1) is 0 Å². The van der Waals surface area contributed by atoms with Crippen molar-refractivity contribution in [2.24, 2.45) is 0 Å². The maximum absolute atomic E-state index is 12.2. The van der Waals surface area contributed by atoms with Crippen LogP contribution in [0.15, 0.2) is 42.9 Å². The van der Waals surface area contributed by atoms with Gasteiger partial charge in [0.25, 0.3) is 0 Å². The number of carbonyl (C=O) groups excluding carboxylic acids is 2. The van der Waals surface area contributed by atoms with Crippen LogP contribution in [0.4, 0.5) is 0 Å². The minimum atomic E-state index is -0.909. The van der Waals surface area contributed by atoms with Gasteiger partial charge in [0.1, 0.15) is 5.75 Å². The summed E-state index contributed by atoms with van der Waals surface area (Å²) in [5, 5.41) is 0. The fraction of sp³-hybridized carbons (Fsp3) is 0.200. The molecule has 1 aromatic carbocycles. The van der Waals surface area contributed by atoms with E-state index in [4.69, 9.17) is 9.47 Å². The fourth-order valence-electron chi connectivity index (χ4n) is 1.67. The molecule has 0 saturated carbocycles. The summed E-state index contributed by atoms with van der Waals surface area (Å²) in [6.07, 6.45) is 3.20. The van der Waals surface area contributed by atoms with Crippen LogP contribution >= 0.6 is 0 Å². The van der Waals surface area contributed by atoms with Crippen LogP contribution in [0.2, 0.25) is 0 Å². The molecule has 6 heteroatoms. The summed E-state index contributed by atoms with van der Waals surface area (Å²) in [6.45, 7) is 1.51.